The number of hydrogen-bond donors (Lipinski definition) is 1. The van der Waals surface area contributed by atoms with Crippen LogP contribution in [0, 0.1) is 5.92 Å². The average Bonchev–Trinajstić information content (AvgIpc) is 2.27. The maximum absolute atomic E-state index is 12.2. The third-order valence-electron chi connectivity index (χ3n) is 3.34. The molecule has 1 aliphatic heterocycles. The van der Waals surface area contributed by atoms with Crippen LogP contribution in [0.15, 0.2) is 0 Å². The third kappa shape index (κ3) is 6.24. The number of rotatable bonds is 5. The molecule has 1 rings (SSSR count). The Balaban J connectivity index is 2.39. The molecular weight excluding hydrogens is 261 g/mol. The molecule has 0 bridgehead atoms. The zero-order valence-electron chi connectivity index (χ0n) is 11.1. The second-order valence-electron chi connectivity index (χ2n) is 5.12. The second kappa shape index (κ2) is 7.09. The highest BCUT2D eigenvalue weighted by Crippen LogP contribution is 2.20. The summed E-state index contributed by atoms with van der Waals surface area (Å²) in [4.78, 5) is 14.3. The molecule has 19 heavy (non-hydrogen) atoms. The van der Waals surface area contributed by atoms with Crippen molar-refractivity contribution in [1.29, 1.82) is 0 Å². The molecule has 0 radical (unpaired) electrons. The number of likely N-dealkylation sites (N-methyl/N-ethyl adjacent to an activating group) is 1. The first kappa shape index (κ1) is 16.2. The van der Waals surface area contributed by atoms with Gasteiger partial charge < -0.3 is 10.0 Å². The summed E-state index contributed by atoms with van der Waals surface area (Å²) >= 11 is 0. The highest BCUT2D eigenvalue weighted by molar-refractivity contribution is 5.78. The van der Waals surface area contributed by atoms with Gasteiger partial charge in [0.15, 0.2) is 0 Å². The largest absolute Gasteiger partial charge is 0.406 e. The van der Waals surface area contributed by atoms with E-state index in [4.69, 9.17) is 5.11 Å². The van der Waals surface area contributed by atoms with E-state index in [1.165, 1.54) is 7.05 Å². The van der Waals surface area contributed by atoms with Crippen LogP contribution >= 0.6 is 0 Å². The Hall–Kier alpha value is -0.820. The third-order valence-corrected chi connectivity index (χ3v) is 3.34. The van der Waals surface area contributed by atoms with E-state index in [0.29, 0.717) is 18.9 Å². The Bertz CT molecular complexity index is 295. The van der Waals surface area contributed by atoms with Gasteiger partial charge in [-0.05, 0) is 31.7 Å². The molecule has 0 aromatic rings. The molecule has 0 aliphatic carbocycles. The summed E-state index contributed by atoms with van der Waals surface area (Å²) in [6, 6.07) is 0. The summed E-state index contributed by atoms with van der Waals surface area (Å²) in [5.41, 5.74) is 0. The average molecular weight is 282 g/mol. The molecule has 1 aliphatic rings. The van der Waals surface area contributed by atoms with Gasteiger partial charge in [0.25, 0.3) is 0 Å². The summed E-state index contributed by atoms with van der Waals surface area (Å²) in [6.07, 6.45) is -1.75. The minimum atomic E-state index is -4.36. The zero-order chi connectivity index (χ0) is 14.5. The number of hydrogen-bond acceptors (Lipinski definition) is 3. The number of nitrogens with zero attached hydrogens (tertiary/aromatic N) is 2. The van der Waals surface area contributed by atoms with Crippen LogP contribution in [0.4, 0.5) is 13.2 Å². The van der Waals surface area contributed by atoms with E-state index in [0.717, 1.165) is 24.3 Å². The van der Waals surface area contributed by atoms with E-state index in [1.807, 2.05) is 4.90 Å². The molecular formula is C12H21F3N2O2. The Morgan fingerprint density at radius 2 is 2.16 bits per heavy atom. The number of carbonyl (C=O) groups excluding carboxylic acids is 1. The Labute approximate surface area is 111 Å². The number of piperidine rings is 1. The Morgan fingerprint density at radius 1 is 1.47 bits per heavy atom. The normalized spacial score (nSPS) is 21.4. The second-order valence-corrected chi connectivity index (χ2v) is 5.12. The lowest BCUT2D eigenvalue weighted by Crippen LogP contribution is -2.45. The quantitative estimate of drug-likeness (QED) is 0.821. The van der Waals surface area contributed by atoms with Crippen LogP contribution in [0.1, 0.15) is 19.3 Å². The molecule has 1 unspecified atom stereocenters. The van der Waals surface area contributed by atoms with Crippen LogP contribution in [0.25, 0.3) is 0 Å². The van der Waals surface area contributed by atoms with Gasteiger partial charge in [-0.25, -0.2) is 0 Å². The van der Waals surface area contributed by atoms with Crippen molar-refractivity contribution in [3.63, 3.8) is 0 Å². The van der Waals surface area contributed by atoms with Crippen molar-refractivity contribution in [2.45, 2.75) is 25.4 Å². The van der Waals surface area contributed by atoms with Crippen molar-refractivity contribution in [1.82, 2.24) is 9.80 Å². The number of amides is 1. The molecule has 0 spiro atoms. The first-order chi connectivity index (χ1) is 8.81. The van der Waals surface area contributed by atoms with E-state index < -0.39 is 18.6 Å². The molecule has 112 valence electrons. The summed E-state index contributed by atoms with van der Waals surface area (Å²) in [6.45, 7) is 0.328. The van der Waals surface area contributed by atoms with Gasteiger partial charge in [-0.15, -0.1) is 0 Å². The van der Waals surface area contributed by atoms with Crippen LogP contribution in [0.5, 0.6) is 0 Å². The first-order valence-electron chi connectivity index (χ1n) is 6.45. The molecule has 1 atom stereocenters. The summed E-state index contributed by atoms with van der Waals surface area (Å²) in [5.74, 6) is -0.179. The first-order valence-corrected chi connectivity index (χ1v) is 6.45. The van der Waals surface area contributed by atoms with Crippen LogP contribution < -0.4 is 0 Å². The SMILES string of the molecule is CN(CC(F)(F)F)C(=O)CN1CCCC(CCO)C1. The molecule has 7 heteroatoms. The van der Waals surface area contributed by atoms with Gasteiger partial charge in [-0.2, -0.15) is 13.2 Å². The van der Waals surface area contributed by atoms with Crippen molar-refractivity contribution in [2.75, 3.05) is 39.8 Å². The molecule has 0 aromatic heterocycles. The monoisotopic (exact) mass is 282 g/mol. The van der Waals surface area contributed by atoms with Gasteiger partial charge in [0.1, 0.15) is 6.54 Å². The lowest BCUT2D eigenvalue weighted by Gasteiger charge is -2.33. The van der Waals surface area contributed by atoms with Gasteiger partial charge >= 0.3 is 6.18 Å². The number of aliphatic hydroxyl groups excluding tert-OH is 1. The van der Waals surface area contributed by atoms with Crippen LogP contribution in [0.3, 0.4) is 0 Å². The zero-order valence-corrected chi connectivity index (χ0v) is 11.1. The van der Waals surface area contributed by atoms with Gasteiger partial charge in [0, 0.05) is 20.2 Å². The molecule has 1 heterocycles. The minimum Gasteiger partial charge on any atom is -0.396 e. The van der Waals surface area contributed by atoms with Crippen LogP contribution in [0.2, 0.25) is 0 Å². The number of likely N-dealkylation sites (tertiary alicyclic amines) is 1. The summed E-state index contributed by atoms with van der Waals surface area (Å²) in [7, 11) is 1.17. The molecule has 1 fully saturated rings. The van der Waals surface area contributed by atoms with E-state index >= 15 is 0 Å². The van der Waals surface area contributed by atoms with E-state index in [9.17, 15) is 18.0 Å². The van der Waals surface area contributed by atoms with Crippen molar-refractivity contribution < 1.29 is 23.1 Å². The van der Waals surface area contributed by atoms with E-state index in [-0.39, 0.29) is 13.2 Å². The van der Waals surface area contributed by atoms with E-state index in [2.05, 4.69) is 0 Å². The highest BCUT2D eigenvalue weighted by Gasteiger charge is 2.32. The lowest BCUT2D eigenvalue weighted by atomic mass is 9.95. The molecule has 0 aromatic carbocycles. The minimum absolute atomic E-state index is 0.0223. The number of aliphatic hydroxyl groups is 1. The van der Waals surface area contributed by atoms with Gasteiger partial charge in [0.05, 0.1) is 6.54 Å². The molecule has 1 saturated heterocycles. The lowest BCUT2D eigenvalue weighted by molar-refractivity contribution is -0.159. The predicted octanol–water partition coefficient (Wildman–Crippen LogP) is 1.10. The maximum atomic E-state index is 12.2. The molecule has 1 N–H and O–H groups in total. The standard InChI is InChI=1S/C12H21F3N2O2/c1-16(9-12(13,14)15)11(19)8-17-5-2-3-10(7-17)4-6-18/h10,18H,2-9H2,1H3. The fourth-order valence-electron chi connectivity index (χ4n) is 2.38. The Morgan fingerprint density at radius 3 is 2.74 bits per heavy atom. The van der Waals surface area contributed by atoms with E-state index in [1.54, 1.807) is 0 Å². The molecule has 0 saturated carbocycles. The van der Waals surface area contributed by atoms with Crippen molar-refractivity contribution in [3.05, 3.63) is 0 Å². The van der Waals surface area contributed by atoms with Gasteiger partial charge in [0.2, 0.25) is 5.91 Å². The van der Waals surface area contributed by atoms with Gasteiger partial charge in [-0.1, -0.05) is 0 Å². The number of carbonyl (C=O) groups is 1. The fourth-order valence-corrected chi connectivity index (χ4v) is 2.38. The summed E-state index contributed by atoms with van der Waals surface area (Å²) in [5, 5.41) is 8.88. The highest BCUT2D eigenvalue weighted by atomic mass is 19.4. The topological polar surface area (TPSA) is 43.8 Å². The number of halogens is 3. The summed E-state index contributed by atoms with van der Waals surface area (Å²) < 4.78 is 36.5. The molecule has 4 nitrogen and oxygen atoms in total. The van der Waals surface area contributed by atoms with Crippen molar-refractivity contribution >= 4 is 5.91 Å². The Kier molecular flexibility index (Phi) is 6.06. The van der Waals surface area contributed by atoms with Crippen LogP contribution in [-0.2, 0) is 4.79 Å². The van der Waals surface area contributed by atoms with Crippen LogP contribution in [-0.4, -0.2) is 66.8 Å². The molecule has 1 amide bonds. The number of alkyl halides is 3. The predicted molar refractivity (Wildman–Crippen MR) is 64.6 cm³/mol. The maximum Gasteiger partial charge on any atom is 0.406 e. The van der Waals surface area contributed by atoms with Gasteiger partial charge in [-0.3, -0.25) is 9.69 Å². The smallest absolute Gasteiger partial charge is 0.396 e. The van der Waals surface area contributed by atoms with Crippen molar-refractivity contribution in [3.8, 4) is 0 Å². The van der Waals surface area contributed by atoms with Crippen molar-refractivity contribution in [2.24, 2.45) is 5.92 Å². The fraction of sp³-hybridized carbons (Fsp3) is 0.917.